The number of aliphatic hydroxyl groups excluding tert-OH is 9. The summed E-state index contributed by atoms with van der Waals surface area (Å²) < 4.78 is 0. The summed E-state index contributed by atoms with van der Waals surface area (Å²) in [6.45, 7) is -1.97. The highest BCUT2D eigenvalue weighted by Gasteiger charge is 2.23. The lowest BCUT2D eigenvalue weighted by molar-refractivity contribution is -0.127. The summed E-state index contributed by atoms with van der Waals surface area (Å²) in [4.78, 5) is 9.76. The van der Waals surface area contributed by atoms with Gasteiger partial charge in [-0.15, -0.1) is 0 Å². The second-order valence-corrected chi connectivity index (χ2v) is 3.86. The van der Waals surface area contributed by atoms with E-state index in [9.17, 15) is 4.79 Å². The van der Waals surface area contributed by atoms with Gasteiger partial charge < -0.3 is 50.8 Å². The molecule has 0 bridgehead atoms. The fourth-order valence-electron chi connectivity index (χ4n) is 0.889. The van der Waals surface area contributed by atoms with Gasteiger partial charge in [0, 0.05) is 0 Å². The largest absolute Gasteiger partial charge is 0.394 e. The van der Waals surface area contributed by atoms with Gasteiger partial charge in [0.15, 0.2) is 6.29 Å². The van der Waals surface area contributed by atoms with Gasteiger partial charge in [-0.05, 0) is 0 Å². The number of aliphatic hydroxyl groups is 9. The van der Waals surface area contributed by atoms with Gasteiger partial charge in [0.1, 0.15) is 36.6 Å². The Bertz CT molecular complexity index is 228. The third-order valence-electron chi connectivity index (χ3n) is 2.23. The van der Waals surface area contributed by atoms with Crippen molar-refractivity contribution >= 4 is 6.29 Å². The zero-order valence-corrected chi connectivity index (χ0v) is 10.6. The molecule has 20 heavy (non-hydrogen) atoms. The molecule has 0 aromatic heterocycles. The van der Waals surface area contributed by atoms with Crippen LogP contribution in [0.5, 0.6) is 0 Å². The second kappa shape index (κ2) is 12.1. The van der Waals surface area contributed by atoms with Crippen LogP contribution in [0.2, 0.25) is 0 Å². The molecule has 0 spiro atoms. The molecule has 0 aliphatic rings. The van der Waals surface area contributed by atoms with Crippen LogP contribution < -0.4 is 0 Å². The molecule has 10 nitrogen and oxygen atoms in total. The highest BCUT2D eigenvalue weighted by molar-refractivity contribution is 5.56. The first-order valence-corrected chi connectivity index (χ1v) is 5.62. The second-order valence-electron chi connectivity index (χ2n) is 3.86. The number of rotatable bonds is 8. The average Bonchev–Trinajstić information content (AvgIpc) is 2.50. The average molecular weight is 302 g/mol. The molecule has 9 N–H and O–H groups in total. The van der Waals surface area contributed by atoms with Gasteiger partial charge in [-0.25, -0.2) is 0 Å². The minimum absolute atomic E-state index is 0.0869. The van der Waals surface area contributed by atoms with Gasteiger partial charge in [-0.1, -0.05) is 0 Å². The maximum Gasteiger partial charge on any atom is 0.151 e. The standard InChI is InChI=1S/C5H12O5.C5H10O5/c2*6-1-3(8)5(10)4(9)2-7/h3-10H,1-2H2;1,3-5,7-10H,2H2/t2*3-,4+,5+/m.1/s1. The van der Waals surface area contributed by atoms with Crippen LogP contribution in [-0.2, 0) is 4.79 Å². The van der Waals surface area contributed by atoms with Crippen LogP contribution in [0.25, 0.3) is 0 Å². The monoisotopic (exact) mass is 302 g/mol. The Morgan fingerprint density at radius 1 is 0.650 bits per heavy atom. The Morgan fingerprint density at radius 2 is 0.950 bits per heavy atom. The van der Waals surface area contributed by atoms with Crippen molar-refractivity contribution in [3.8, 4) is 0 Å². The zero-order valence-electron chi connectivity index (χ0n) is 10.6. The van der Waals surface area contributed by atoms with Crippen LogP contribution in [0.15, 0.2) is 0 Å². The van der Waals surface area contributed by atoms with Crippen molar-refractivity contribution in [2.75, 3.05) is 19.8 Å². The molecule has 0 heterocycles. The van der Waals surface area contributed by atoms with E-state index in [1.807, 2.05) is 0 Å². The Kier molecular flexibility index (Phi) is 13.1. The summed E-state index contributed by atoms with van der Waals surface area (Å²) in [7, 11) is 0. The van der Waals surface area contributed by atoms with E-state index in [4.69, 9.17) is 46.0 Å². The normalized spacial score (nSPS) is 19.9. The van der Waals surface area contributed by atoms with Crippen molar-refractivity contribution < 1.29 is 50.8 Å². The fourth-order valence-corrected chi connectivity index (χ4v) is 0.889. The third kappa shape index (κ3) is 8.47. The Hall–Kier alpha value is -0.690. The molecule has 0 radical (unpaired) electrons. The van der Waals surface area contributed by atoms with Crippen molar-refractivity contribution in [1.82, 2.24) is 0 Å². The Labute approximate surface area is 114 Å². The summed E-state index contributed by atoms with van der Waals surface area (Å²) in [5.74, 6) is 0. The van der Waals surface area contributed by atoms with Crippen LogP contribution in [0, 0.1) is 0 Å². The number of aldehydes is 1. The number of hydrogen-bond acceptors (Lipinski definition) is 10. The molecular formula is C10H22O10. The van der Waals surface area contributed by atoms with Crippen LogP contribution in [0.1, 0.15) is 0 Å². The summed E-state index contributed by atoms with van der Waals surface area (Å²) in [5.41, 5.74) is 0. The summed E-state index contributed by atoms with van der Waals surface area (Å²) in [6.07, 6.45) is -8.92. The van der Waals surface area contributed by atoms with E-state index in [0.717, 1.165) is 0 Å². The molecule has 0 saturated heterocycles. The molecule has 0 aliphatic carbocycles. The molecule has 0 aliphatic heterocycles. The van der Waals surface area contributed by atoms with Gasteiger partial charge in [0.2, 0.25) is 0 Å². The van der Waals surface area contributed by atoms with E-state index in [1.54, 1.807) is 0 Å². The summed E-state index contributed by atoms with van der Waals surface area (Å²) in [6, 6.07) is 0. The molecule has 0 fully saturated rings. The maximum absolute atomic E-state index is 9.76. The van der Waals surface area contributed by atoms with Crippen LogP contribution in [-0.4, -0.2) is 109 Å². The topological polar surface area (TPSA) is 199 Å². The van der Waals surface area contributed by atoms with Crippen molar-refractivity contribution in [1.29, 1.82) is 0 Å². The molecule has 0 saturated carbocycles. The molecule has 0 rings (SSSR count). The first-order valence-electron chi connectivity index (χ1n) is 5.62. The van der Waals surface area contributed by atoms with Crippen molar-refractivity contribution in [2.24, 2.45) is 0 Å². The van der Waals surface area contributed by atoms with E-state index < -0.39 is 56.4 Å². The minimum atomic E-state index is -1.64. The lowest BCUT2D eigenvalue weighted by atomic mass is 10.1. The molecule has 6 atom stereocenters. The van der Waals surface area contributed by atoms with Crippen LogP contribution in [0.4, 0.5) is 0 Å². The van der Waals surface area contributed by atoms with E-state index in [1.165, 1.54) is 0 Å². The van der Waals surface area contributed by atoms with Crippen molar-refractivity contribution in [2.45, 2.75) is 36.6 Å². The zero-order chi connectivity index (χ0) is 16.3. The number of carbonyl (C=O) groups excluding carboxylic acids is 1. The molecule has 0 unspecified atom stereocenters. The first kappa shape index (κ1) is 21.6. The summed E-state index contributed by atoms with van der Waals surface area (Å²) in [5, 5.41) is 76.6. The highest BCUT2D eigenvalue weighted by atomic mass is 16.4. The van der Waals surface area contributed by atoms with E-state index in [0.29, 0.717) is 0 Å². The predicted molar refractivity (Wildman–Crippen MR) is 63.4 cm³/mol. The molecular weight excluding hydrogens is 280 g/mol. The number of hydrogen-bond donors (Lipinski definition) is 9. The van der Waals surface area contributed by atoms with Crippen molar-refractivity contribution in [3.63, 3.8) is 0 Å². The van der Waals surface area contributed by atoms with Gasteiger partial charge in [-0.2, -0.15) is 0 Å². The quantitative estimate of drug-likeness (QED) is 0.195. The SMILES string of the molecule is O=C[C@@H](O)[C@H](O)[C@@H](O)CO.OC[C@@H](O)[C@H](O)[C@@H](O)CO. The smallest absolute Gasteiger partial charge is 0.151 e. The lowest BCUT2D eigenvalue weighted by Crippen LogP contribution is -2.41. The molecule has 0 aromatic rings. The molecule has 122 valence electrons. The summed E-state index contributed by atoms with van der Waals surface area (Å²) >= 11 is 0. The first-order chi connectivity index (χ1) is 9.26. The maximum atomic E-state index is 9.76. The highest BCUT2D eigenvalue weighted by Crippen LogP contribution is 1.98. The van der Waals surface area contributed by atoms with Gasteiger partial charge in [0.05, 0.1) is 19.8 Å². The minimum Gasteiger partial charge on any atom is -0.394 e. The van der Waals surface area contributed by atoms with Crippen molar-refractivity contribution in [3.05, 3.63) is 0 Å². The molecule has 0 aromatic carbocycles. The van der Waals surface area contributed by atoms with Crippen LogP contribution in [0.3, 0.4) is 0 Å². The fraction of sp³-hybridized carbons (Fsp3) is 0.900. The van der Waals surface area contributed by atoms with Crippen LogP contribution >= 0.6 is 0 Å². The third-order valence-corrected chi connectivity index (χ3v) is 2.23. The Balaban J connectivity index is 0. The van der Waals surface area contributed by atoms with Gasteiger partial charge in [-0.3, -0.25) is 0 Å². The van der Waals surface area contributed by atoms with E-state index in [-0.39, 0.29) is 6.29 Å². The van der Waals surface area contributed by atoms with Gasteiger partial charge in [0.25, 0.3) is 0 Å². The number of carbonyl (C=O) groups is 1. The van der Waals surface area contributed by atoms with E-state index in [2.05, 4.69) is 0 Å². The van der Waals surface area contributed by atoms with Gasteiger partial charge >= 0.3 is 0 Å². The molecule has 10 heteroatoms. The lowest BCUT2D eigenvalue weighted by Gasteiger charge is -2.19. The molecule has 0 amide bonds. The Morgan fingerprint density at radius 3 is 1.20 bits per heavy atom. The van der Waals surface area contributed by atoms with E-state index >= 15 is 0 Å². The predicted octanol–water partition coefficient (Wildman–Crippen LogP) is -5.69.